The zero-order valence-electron chi connectivity index (χ0n) is 41.3. The van der Waals surface area contributed by atoms with Gasteiger partial charge in [-0.3, -0.25) is 0 Å². The van der Waals surface area contributed by atoms with Gasteiger partial charge in [0.15, 0.2) is 8.07 Å². The molecular weight excluding hydrogens is 921 g/mol. The van der Waals surface area contributed by atoms with Crippen LogP contribution in [0.15, 0.2) is 303 Å². The molecule has 0 amide bonds. The fourth-order valence-electron chi connectivity index (χ4n) is 12.1. The van der Waals surface area contributed by atoms with E-state index in [0.29, 0.717) is 0 Å². The van der Waals surface area contributed by atoms with E-state index >= 15 is 0 Å². The number of rotatable bonds is 10. The first-order valence-corrected chi connectivity index (χ1v) is 27.9. The van der Waals surface area contributed by atoms with Crippen molar-refractivity contribution < 1.29 is 0 Å². The average Bonchev–Trinajstić information content (AvgIpc) is 4.06. The lowest BCUT2D eigenvalue weighted by molar-refractivity contribution is 1.17. The van der Waals surface area contributed by atoms with Gasteiger partial charge in [-0.05, 0) is 109 Å². The molecule has 14 aromatic rings. The van der Waals surface area contributed by atoms with Gasteiger partial charge in [0.2, 0.25) is 0 Å². The standard InChI is InChI=1S/C72H50N2Si/c1-7-24-51(25-8-1)56-48-64(52-26-9-2-10-27-52)72(65(49-56)53-28-11-3-12-29-53)74-69-41-22-20-39-63(69)67-50-57(43-45-71(67)74)73-68-40-21-19-38-62(68)66-47-55(42-44-70(66)73)54-30-23-37-61(46-54)75(58-31-13-4-14-32-58,59-33-15-5-16-34-59)60-35-17-6-18-36-60/h1-50H. The Kier molecular flexibility index (Phi) is 10.9. The zero-order chi connectivity index (χ0) is 49.7. The van der Waals surface area contributed by atoms with Crippen LogP contribution >= 0.6 is 0 Å². The predicted molar refractivity (Wildman–Crippen MR) is 320 cm³/mol. The molecule has 0 radical (unpaired) electrons. The number of benzene rings is 12. The van der Waals surface area contributed by atoms with Gasteiger partial charge in [-0.1, -0.05) is 249 Å². The van der Waals surface area contributed by atoms with Crippen molar-refractivity contribution in [2.45, 2.75) is 0 Å². The third-order valence-electron chi connectivity index (χ3n) is 15.4. The summed E-state index contributed by atoms with van der Waals surface area (Å²) in [5.41, 5.74) is 16.5. The lowest BCUT2D eigenvalue weighted by atomic mass is 9.90. The van der Waals surface area contributed by atoms with E-state index in [4.69, 9.17) is 0 Å². The third-order valence-corrected chi connectivity index (χ3v) is 20.2. The SMILES string of the molecule is c1ccc(-c2cc(-c3ccccc3)c(-n3c4ccccc4c4cc(-n5c6ccccc6c6cc(-c7cccc([Si](c8ccccc8)(c8ccccc8)c8ccccc8)c7)ccc65)ccc43)c(-c3ccccc3)c2)cc1. The Morgan fingerprint density at radius 2 is 0.600 bits per heavy atom. The molecule has 352 valence electrons. The van der Waals surface area contributed by atoms with E-state index in [-0.39, 0.29) is 0 Å². The lowest BCUT2D eigenvalue weighted by Crippen LogP contribution is -2.74. The molecular formula is C72H50N2Si. The van der Waals surface area contributed by atoms with Crippen LogP contribution in [0.4, 0.5) is 0 Å². The van der Waals surface area contributed by atoms with E-state index in [1.165, 1.54) is 103 Å². The van der Waals surface area contributed by atoms with Crippen LogP contribution < -0.4 is 20.7 Å². The number of aromatic nitrogens is 2. The second-order valence-corrected chi connectivity index (χ2v) is 23.4. The Morgan fingerprint density at radius 1 is 0.213 bits per heavy atom. The van der Waals surface area contributed by atoms with Gasteiger partial charge in [0.05, 0.1) is 27.8 Å². The summed E-state index contributed by atoms with van der Waals surface area (Å²) in [6.45, 7) is 0. The molecule has 0 aliphatic carbocycles. The second kappa shape index (κ2) is 18.5. The smallest absolute Gasteiger partial charge is 0.179 e. The summed E-state index contributed by atoms with van der Waals surface area (Å²) < 4.78 is 4.99. The van der Waals surface area contributed by atoms with Gasteiger partial charge < -0.3 is 9.13 Å². The summed E-state index contributed by atoms with van der Waals surface area (Å²) in [7, 11) is -2.73. The number of fused-ring (bicyclic) bond motifs is 6. The highest BCUT2D eigenvalue weighted by atomic mass is 28.3. The summed E-state index contributed by atoms with van der Waals surface area (Å²) in [6, 6.07) is 112. The summed E-state index contributed by atoms with van der Waals surface area (Å²) in [5.74, 6) is 0. The van der Waals surface area contributed by atoms with Crippen LogP contribution in [0.25, 0.3) is 99.5 Å². The first kappa shape index (κ1) is 44.2. The van der Waals surface area contributed by atoms with Gasteiger partial charge in [0.25, 0.3) is 0 Å². The Labute approximate surface area is 438 Å². The number of nitrogens with zero attached hydrogens (tertiary/aromatic N) is 2. The molecule has 0 aliphatic rings. The highest BCUT2D eigenvalue weighted by molar-refractivity contribution is 7.19. The molecule has 0 unspecified atom stereocenters. The molecule has 0 atom stereocenters. The van der Waals surface area contributed by atoms with E-state index in [1.807, 2.05) is 0 Å². The molecule has 0 N–H and O–H groups in total. The fraction of sp³-hybridized carbons (Fsp3) is 0. The van der Waals surface area contributed by atoms with Gasteiger partial charge in [0.1, 0.15) is 0 Å². The van der Waals surface area contributed by atoms with Crippen molar-refractivity contribution in [1.29, 1.82) is 0 Å². The van der Waals surface area contributed by atoms with Crippen LogP contribution in [0.2, 0.25) is 0 Å². The molecule has 0 spiro atoms. The summed E-state index contributed by atoms with van der Waals surface area (Å²) in [6.07, 6.45) is 0. The van der Waals surface area contributed by atoms with E-state index in [9.17, 15) is 0 Å². The zero-order valence-corrected chi connectivity index (χ0v) is 42.3. The maximum absolute atomic E-state index is 2.73. The molecule has 12 aromatic carbocycles. The molecule has 0 fully saturated rings. The molecule has 0 saturated carbocycles. The number of para-hydroxylation sites is 2. The number of hydrogen-bond donors (Lipinski definition) is 0. The van der Waals surface area contributed by atoms with Gasteiger partial charge in [-0.2, -0.15) is 0 Å². The van der Waals surface area contributed by atoms with E-state index in [2.05, 4.69) is 312 Å². The van der Waals surface area contributed by atoms with Gasteiger partial charge in [-0.25, -0.2) is 0 Å². The highest BCUT2D eigenvalue weighted by Crippen LogP contribution is 2.45. The van der Waals surface area contributed by atoms with Crippen LogP contribution in [0.5, 0.6) is 0 Å². The third kappa shape index (κ3) is 7.39. The minimum atomic E-state index is -2.73. The van der Waals surface area contributed by atoms with Crippen LogP contribution in [-0.4, -0.2) is 17.2 Å². The van der Waals surface area contributed by atoms with Crippen LogP contribution in [-0.2, 0) is 0 Å². The summed E-state index contributed by atoms with van der Waals surface area (Å²) in [4.78, 5) is 0. The summed E-state index contributed by atoms with van der Waals surface area (Å²) >= 11 is 0. The quantitative estimate of drug-likeness (QED) is 0.0955. The molecule has 14 rings (SSSR count). The fourth-order valence-corrected chi connectivity index (χ4v) is 16.9. The molecule has 3 heteroatoms. The summed E-state index contributed by atoms with van der Waals surface area (Å²) in [5, 5.41) is 10.3. The molecule has 75 heavy (non-hydrogen) atoms. The maximum atomic E-state index is 2.52. The molecule has 0 bridgehead atoms. The molecule has 2 aromatic heterocycles. The Morgan fingerprint density at radius 3 is 1.15 bits per heavy atom. The Bertz CT molecular complexity index is 4220. The maximum Gasteiger partial charge on any atom is 0.179 e. The molecule has 0 aliphatic heterocycles. The number of hydrogen-bond acceptors (Lipinski definition) is 0. The van der Waals surface area contributed by atoms with Gasteiger partial charge in [-0.15, -0.1) is 0 Å². The minimum absolute atomic E-state index is 1.13. The Balaban J connectivity index is 0.955. The first-order valence-electron chi connectivity index (χ1n) is 25.9. The van der Waals surface area contributed by atoms with Gasteiger partial charge in [0, 0.05) is 38.4 Å². The first-order chi connectivity index (χ1) is 37.2. The van der Waals surface area contributed by atoms with Crippen molar-refractivity contribution in [3.05, 3.63) is 303 Å². The van der Waals surface area contributed by atoms with Crippen LogP contribution in [0, 0.1) is 0 Å². The predicted octanol–water partition coefficient (Wildman–Crippen LogP) is 15.9. The largest absolute Gasteiger partial charge is 0.309 e. The monoisotopic (exact) mass is 970 g/mol. The van der Waals surface area contributed by atoms with Crippen LogP contribution in [0.3, 0.4) is 0 Å². The Hall–Kier alpha value is -9.54. The van der Waals surface area contributed by atoms with Crippen LogP contribution in [0.1, 0.15) is 0 Å². The van der Waals surface area contributed by atoms with Crippen molar-refractivity contribution in [1.82, 2.24) is 9.13 Å². The van der Waals surface area contributed by atoms with E-state index < -0.39 is 8.07 Å². The van der Waals surface area contributed by atoms with Crippen molar-refractivity contribution in [2.24, 2.45) is 0 Å². The lowest BCUT2D eigenvalue weighted by Gasteiger charge is -2.34. The highest BCUT2D eigenvalue weighted by Gasteiger charge is 2.41. The normalized spacial score (nSPS) is 11.7. The minimum Gasteiger partial charge on any atom is -0.309 e. The van der Waals surface area contributed by atoms with E-state index in [1.54, 1.807) is 0 Å². The molecule has 2 nitrogen and oxygen atoms in total. The van der Waals surface area contributed by atoms with Gasteiger partial charge >= 0.3 is 0 Å². The average molecular weight is 971 g/mol. The van der Waals surface area contributed by atoms with Crippen molar-refractivity contribution in [3.8, 4) is 55.9 Å². The van der Waals surface area contributed by atoms with Crippen molar-refractivity contribution in [2.75, 3.05) is 0 Å². The van der Waals surface area contributed by atoms with Crippen molar-refractivity contribution in [3.63, 3.8) is 0 Å². The second-order valence-electron chi connectivity index (χ2n) is 19.6. The molecule has 2 heterocycles. The topological polar surface area (TPSA) is 9.86 Å². The van der Waals surface area contributed by atoms with Crippen molar-refractivity contribution >= 4 is 72.4 Å². The van der Waals surface area contributed by atoms with E-state index in [0.717, 1.165) is 16.9 Å². The molecule has 0 saturated heterocycles.